The van der Waals surface area contributed by atoms with Crippen LogP contribution in [0.3, 0.4) is 0 Å². The second-order valence-corrected chi connectivity index (χ2v) is 9.14. The van der Waals surface area contributed by atoms with Gasteiger partial charge in [-0.15, -0.1) is 0 Å². The minimum Gasteiger partial charge on any atom is -0.489 e. The molecule has 1 aliphatic carbocycles. The number of hydrogen-bond donors (Lipinski definition) is 0. The van der Waals surface area contributed by atoms with Crippen molar-refractivity contribution in [3.63, 3.8) is 0 Å². The number of hydrogen-bond acceptors (Lipinski definition) is 3. The third kappa shape index (κ3) is 4.03. The molecule has 0 bridgehead atoms. The van der Waals surface area contributed by atoms with Crippen LogP contribution in [0.1, 0.15) is 48.6 Å². The summed E-state index contributed by atoms with van der Waals surface area (Å²) in [5.74, 6) is 0.961. The van der Waals surface area contributed by atoms with Gasteiger partial charge < -0.3 is 14.4 Å². The zero-order valence-corrected chi connectivity index (χ0v) is 18.7. The van der Waals surface area contributed by atoms with Crippen molar-refractivity contribution in [1.82, 2.24) is 4.90 Å². The van der Waals surface area contributed by atoms with Gasteiger partial charge in [-0.3, -0.25) is 4.79 Å². The molecule has 0 aromatic heterocycles. The van der Waals surface area contributed by atoms with E-state index in [1.54, 1.807) is 0 Å². The third-order valence-corrected chi connectivity index (χ3v) is 6.49. The van der Waals surface area contributed by atoms with Gasteiger partial charge in [-0.25, -0.2) is 0 Å². The van der Waals surface area contributed by atoms with Gasteiger partial charge in [-0.1, -0.05) is 66.7 Å². The van der Waals surface area contributed by atoms with Crippen LogP contribution in [0.4, 0.5) is 0 Å². The maximum Gasteiger partial charge on any atom is 0.225 e. The van der Waals surface area contributed by atoms with Gasteiger partial charge in [0.15, 0.2) is 0 Å². The lowest BCUT2D eigenvalue weighted by atomic mass is 10.0. The van der Waals surface area contributed by atoms with E-state index in [1.165, 1.54) is 11.1 Å². The molecule has 3 aromatic rings. The molecule has 0 saturated carbocycles. The highest BCUT2D eigenvalue weighted by atomic mass is 16.5. The van der Waals surface area contributed by atoms with E-state index in [0.29, 0.717) is 19.4 Å². The number of carbonyl (C=O) groups is 1. The van der Waals surface area contributed by atoms with Crippen molar-refractivity contribution in [1.29, 1.82) is 0 Å². The van der Waals surface area contributed by atoms with Crippen molar-refractivity contribution < 1.29 is 14.3 Å². The fourth-order valence-corrected chi connectivity index (χ4v) is 5.07. The first-order valence-corrected chi connectivity index (χ1v) is 11.3. The van der Waals surface area contributed by atoms with E-state index < -0.39 is 5.72 Å². The van der Waals surface area contributed by atoms with E-state index in [4.69, 9.17) is 9.47 Å². The van der Waals surface area contributed by atoms with Gasteiger partial charge in [-0.2, -0.15) is 0 Å². The molecule has 2 atom stereocenters. The Bertz CT molecular complexity index is 1110. The van der Waals surface area contributed by atoms with Crippen molar-refractivity contribution in [2.45, 2.75) is 57.6 Å². The number of amides is 1. The van der Waals surface area contributed by atoms with Crippen LogP contribution in [-0.2, 0) is 29.0 Å². The highest BCUT2D eigenvalue weighted by Gasteiger charge is 2.53. The standard InChI is InChI=1S/C28H29NO3/c1-28(2)29(27-24-14-7-6-12-22(24)18-25(27)32-28)26(30)16-15-20-11-8-13-23(17-20)31-19-21-9-4-3-5-10-21/h3-14,17,25,27H,15-16,18-19H2,1-2H3/t25-,27+/m1/s1. The fraction of sp³-hybridized carbons (Fsp3) is 0.321. The summed E-state index contributed by atoms with van der Waals surface area (Å²) in [6, 6.07) is 26.6. The topological polar surface area (TPSA) is 38.8 Å². The normalized spacial score (nSPS) is 20.6. The van der Waals surface area contributed by atoms with Gasteiger partial charge >= 0.3 is 0 Å². The highest BCUT2D eigenvalue weighted by molar-refractivity contribution is 5.78. The summed E-state index contributed by atoms with van der Waals surface area (Å²) in [5, 5.41) is 0. The molecule has 1 saturated heterocycles. The van der Waals surface area contributed by atoms with Crippen LogP contribution in [-0.4, -0.2) is 22.6 Å². The Morgan fingerprint density at radius 1 is 1.00 bits per heavy atom. The fourth-order valence-electron chi connectivity index (χ4n) is 5.07. The van der Waals surface area contributed by atoms with Crippen LogP contribution in [0.25, 0.3) is 0 Å². The number of fused-ring (bicyclic) bond motifs is 3. The average molecular weight is 428 g/mol. The lowest BCUT2D eigenvalue weighted by Gasteiger charge is -2.34. The van der Waals surface area contributed by atoms with E-state index in [0.717, 1.165) is 23.3 Å². The molecular weight excluding hydrogens is 398 g/mol. The molecule has 0 spiro atoms. The summed E-state index contributed by atoms with van der Waals surface area (Å²) in [6.45, 7) is 4.54. The van der Waals surface area contributed by atoms with Crippen molar-refractivity contribution >= 4 is 5.91 Å². The van der Waals surface area contributed by atoms with Gasteiger partial charge in [0.1, 0.15) is 18.1 Å². The molecule has 1 amide bonds. The summed E-state index contributed by atoms with van der Waals surface area (Å²) in [7, 11) is 0. The monoisotopic (exact) mass is 427 g/mol. The van der Waals surface area contributed by atoms with Crippen LogP contribution in [0.5, 0.6) is 5.75 Å². The quantitative estimate of drug-likeness (QED) is 0.524. The number of carbonyl (C=O) groups excluding carboxylic acids is 1. The first kappa shape index (κ1) is 20.8. The van der Waals surface area contributed by atoms with Crippen molar-refractivity contribution in [3.05, 3.63) is 101 Å². The first-order valence-electron chi connectivity index (χ1n) is 11.3. The Morgan fingerprint density at radius 2 is 1.75 bits per heavy atom. The zero-order valence-electron chi connectivity index (χ0n) is 18.7. The second kappa shape index (κ2) is 8.44. The van der Waals surface area contributed by atoms with E-state index in [-0.39, 0.29) is 18.1 Å². The van der Waals surface area contributed by atoms with Gasteiger partial charge in [0, 0.05) is 12.8 Å². The summed E-state index contributed by atoms with van der Waals surface area (Å²) >= 11 is 0. The first-order chi connectivity index (χ1) is 15.5. The van der Waals surface area contributed by atoms with Crippen molar-refractivity contribution in [2.75, 3.05) is 0 Å². The number of ether oxygens (including phenoxy) is 2. The molecule has 2 aliphatic rings. The molecule has 0 N–H and O–H groups in total. The molecular formula is C28H29NO3. The molecule has 4 nitrogen and oxygen atoms in total. The second-order valence-electron chi connectivity index (χ2n) is 9.14. The number of aryl methyl sites for hydroxylation is 1. The van der Waals surface area contributed by atoms with Gasteiger partial charge in [0.2, 0.25) is 5.91 Å². The SMILES string of the molecule is CC1(C)O[C@@H]2Cc3ccccc3[C@@H]2N1C(=O)CCc1cccc(OCc2ccccc2)c1. The molecule has 0 unspecified atom stereocenters. The maximum absolute atomic E-state index is 13.4. The highest BCUT2D eigenvalue weighted by Crippen LogP contribution is 2.48. The van der Waals surface area contributed by atoms with Gasteiger partial charge in [0.25, 0.3) is 0 Å². The molecule has 0 radical (unpaired) electrons. The molecule has 4 heteroatoms. The Hall–Kier alpha value is -3.11. The van der Waals surface area contributed by atoms with Crippen LogP contribution >= 0.6 is 0 Å². The summed E-state index contributed by atoms with van der Waals surface area (Å²) in [4.78, 5) is 15.4. The zero-order chi connectivity index (χ0) is 22.1. The van der Waals surface area contributed by atoms with Crippen LogP contribution in [0.15, 0.2) is 78.9 Å². The molecule has 5 rings (SSSR count). The number of benzene rings is 3. The summed E-state index contributed by atoms with van der Waals surface area (Å²) < 4.78 is 12.3. The van der Waals surface area contributed by atoms with Crippen LogP contribution < -0.4 is 4.74 Å². The number of rotatable bonds is 6. The summed E-state index contributed by atoms with van der Waals surface area (Å²) in [6.07, 6.45) is 2.03. The average Bonchev–Trinajstić information content (AvgIpc) is 3.27. The molecule has 1 heterocycles. The predicted octanol–water partition coefficient (Wildman–Crippen LogP) is 5.46. The van der Waals surface area contributed by atoms with E-state index in [9.17, 15) is 4.79 Å². The lowest BCUT2D eigenvalue weighted by molar-refractivity contribution is -0.147. The maximum atomic E-state index is 13.4. The molecule has 1 aliphatic heterocycles. The van der Waals surface area contributed by atoms with Gasteiger partial charge in [-0.05, 0) is 54.7 Å². The molecule has 3 aromatic carbocycles. The molecule has 1 fully saturated rings. The Kier molecular flexibility index (Phi) is 5.48. The minimum atomic E-state index is -0.597. The van der Waals surface area contributed by atoms with Crippen LogP contribution in [0, 0.1) is 0 Å². The Morgan fingerprint density at radius 3 is 2.59 bits per heavy atom. The Labute approximate surface area is 189 Å². The van der Waals surface area contributed by atoms with Crippen molar-refractivity contribution in [3.8, 4) is 5.75 Å². The van der Waals surface area contributed by atoms with E-state index >= 15 is 0 Å². The predicted molar refractivity (Wildman–Crippen MR) is 124 cm³/mol. The summed E-state index contributed by atoms with van der Waals surface area (Å²) in [5.41, 5.74) is 4.16. The number of nitrogens with zero attached hydrogens (tertiary/aromatic N) is 1. The van der Waals surface area contributed by atoms with Crippen molar-refractivity contribution in [2.24, 2.45) is 0 Å². The molecule has 164 valence electrons. The largest absolute Gasteiger partial charge is 0.489 e. The minimum absolute atomic E-state index is 0.00856. The molecule has 32 heavy (non-hydrogen) atoms. The van der Waals surface area contributed by atoms with Crippen LogP contribution in [0.2, 0.25) is 0 Å². The smallest absolute Gasteiger partial charge is 0.225 e. The Balaban J connectivity index is 1.25. The van der Waals surface area contributed by atoms with E-state index in [2.05, 4.69) is 42.5 Å². The lowest BCUT2D eigenvalue weighted by Crippen LogP contribution is -2.44. The van der Waals surface area contributed by atoms with Gasteiger partial charge in [0.05, 0.1) is 12.1 Å². The van der Waals surface area contributed by atoms with E-state index in [1.807, 2.05) is 55.1 Å². The third-order valence-electron chi connectivity index (χ3n) is 6.49.